The van der Waals surface area contributed by atoms with Crippen LogP contribution in [0.2, 0.25) is 0 Å². The van der Waals surface area contributed by atoms with Gasteiger partial charge in [-0.2, -0.15) is 0 Å². The predicted molar refractivity (Wildman–Crippen MR) is 132 cm³/mol. The number of rotatable bonds is 6. The van der Waals surface area contributed by atoms with Crippen molar-refractivity contribution in [1.29, 1.82) is 0 Å². The standard InChI is InChI=1S/C24H28N4O3S/c1-3-23(30)28-16-14-27(15-17-28)20-9-7-19(8-10-20)25-24(32)26-22(29)13-6-18-4-11-21(31-2)12-5-18/h4-13H,3,14-17H2,1-2H3,(H2,25,26,29,32)/b13-6+. The Hall–Kier alpha value is -3.39. The Balaban J connectivity index is 1.46. The summed E-state index contributed by atoms with van der Waals surface area (Å²) in [6.45, 7) is 5.01. The van der Waals surface area contributed by atoms with E-state index in [2.05, 4.69) is 15.5 Å². The van der Waals surface area contributed by atoms with E-state index < -0.39 is 0 Å². The third-order valence-electron chi connectivity index (χ3n) is 5.20. The van der Waals surface area contributed by atoms with Crippen molar-refractivity contribution in [3.8, 4) is 5.75 Å². The van der Waals surface area contributed by atoms with Crippen LogP contribution in [-0.4, -0.2) is 55.1 Å². The highest BCUT2D eigenvalue weighted by molar-refractivity contribution is 7.80. The summed E-state index contributed by atoms with van der Waals surface area (Å²) in [6, 6.07) is 15.2. The molecule has 0 unspecified atom stereocenters. The van der Waals surface area contributed by atoms with Crippen LogP contribution in [0.5, 0.6) is 5.75 Å². The van der Waals surface area contributed by atoms with Gasteiger partial charge in [0.25, 0.3) is 0 Å². The summed E-state index contributed by atoms with van der Waals surface area (Å²) in [4.78, 5) is 28.1. The second-order valence-electron chi connectivity index (χ2n) is 7.32. The van der Waals surface area contributed by atoms with E-state index in [0.717, 1.165) is 48.9 Å². The van der Waals surface area contributed by atoms with E-state index >= 15 is 0 Å². The maximum absolute atomic E-state index is 12.1. The number of ether oxygens (including phenoxy) is 1. The largest absolute Gasteiger partial charge is 0.497 e. The number of thiocarbonyl (C=S) groups is 1. The van der Waals surface area contributed by atoms with Crippen LogP contribution in [0.3, 0.4) is 0 Å². The van der Waals surface area contributed by atoms with Crippen molar-refractivity contribution in [2.24, 2.45) is 0 Å². The molecule has 2 aromatic rings. The SMILES string of the molecule is CCC(=O)N1CCN(c2ccc(NC(=S)NC(=O)/C=C/c3ccc(OC)cc3)cc2)CC1. The summed E-state index contributed by atoms with van der Waals surface area (Å²) >= 11 is 5.24. The lowest BCUT2D eigenvalue weighted by Gasteiger charge is -2.36. The third-order valence-corrected chi connectivity index (χ3v) is 5.41. The average molecular weight is 453 g/mol. The molecule has 7 nitrogen and oxygen atoms in total. The highest BCUT2D eigenvalue weighted by Gasteiger charge is 2.20. The molecule has 0 radical (unpaired) electrons. The summed E-state index contributed by atoms with van der Waals surface area (Å²) in [5.74, 6) is 0.657. The normalized spacial score (nSPS) is 13.7. The zero-order chi connectivity index (χ0) is 22.9. The van der Waals surface area contributed by atoms with Crippen LogP contribution in [-0.2, 0) is 9.59 Å². The molecule has 0 saturated carbocycles. The highest BCUT2D eigenvalue weighted by atomic mass is 32.1. The predicted octanol–water partition coefficient (Wildman–Crippen LogP) is 3.28. The number of nitrogens with one attached hydrogen (secondary N) is 2. The van der Waals surface area contributed by atoms with Gasteiger partial charge in [0.15, 0.2) is 5.11 Å². The molecular weight excluding hydrogens is 424 g/mol. The maximum atomic E-state index is 12.1. The molecule has 2 N–H and O–H groups in total. The molecule has 1 saturated heterocycles. The van der Waals surface area contributed by atoms with Crippen LogP contribution < -0.4 is 20.3 Å². The number of nitrogens with zero attached hydrogens (tertiary/aromatic N) is 2. The first-order valence-corrected chi connectivity index (χ1v) is 11.0. The fourth-order valence-electron chi connectivity index (χ4n) is 3.40. The molecule has 8 heteroatoms. The fraction of sp³-hybridized carbons (Fsp3) is 0.292. The quantitative estimate of drug-likeness (QED) is 0.518. The van der Waals surface area contributed by atoms with Crippen LogP contribution in [0.1, 0.15) is 18.9 Å². The topological polar surface area (TPSA) is 73.9 Å². The summed E-state index contributed by atoms with van der Waals surface area (Å²) in [7, 11) is 1.61. The van der Waals surface area contributed by atoms with Crippen LogP contribution in [0.25, 0.3) is 6.08 Å². The Morgan fingerprint density at radius 1 is 1.03 bits per heavy atom. The zero-order valence-electron chi connectivity index (χ0n) is 18.3. The first kappa shape index (κ1) is 23.3. The second kappa shape index (κ2) is 11.3. The minimum Gasteiger partial charge on any atom is -0.497 e. The number of carbonyl (C=O) groups is 2. The second-order valence-corrected chi connectivity index (χ2v) is 7.73. The number of anilines is 2. The molecule has 1 fully saturated rings. The van der Waals surface area contributed by atoms with Crippen molar-refractivity contribution in [1.82, 2.24) is 10.2 Å². The molecule has 3 rings (SSSR count). The average Bonchev–Trinajstić information content (AvgIpc) is 2.83. The maximum Gasteiger partial charge on any atom is 0.250 e. The Bertz CT molecular complexity index is 966. The van der Waals surface area contributed by atoms with Gasteiger partial charge < -0.3 is 19.9 Å². The third kappa shape index (κ3) is 6.55. The van der Waals surface area contributed by atoms with E-state index in [1.807, 2.05) is 60.4 Å². The lowest BCUT2D eigenvalue weighted by molar-refractivity contribution is -0.131. The van der Waals surface area contributed by atoms with Crippen LogP contribution >= 0.6 is 12.2 Å². The molecule has 0 spiro atoms. The molecule has 0 aliphatic carbocycles. The lowest BCUT2D eigenvalue weighted by Crippen LogP contribution is -2.48. The molecule has 1 aliphatic rings. The highest BCUT2D eigenvalue weighted by Crippen LogP contribution is 2.20. The molecule has 2 amide bonds. The lowest BCUT2D eigenvalue weighted by atomic mass is 10.2. The molecule has 0 bridgehead atoms. The van der Waals surface area contributed by atoms with Crippen molar-refractivity contribution in [3.63, 3.8) is 0 Å². The van der Waals surface area contributed by atoms with E-state index in [1.54, 1.807) is 13.2 Å². The van der Waals surface area contributed by atoms with Crippen molar-refractivity contribution in [3.05, 3.63) is 60.2 Å². The Labute approximate surface area is 194 Å². The molecule has 168 valence electrons. The van der Waals surface area contributed by atoms with Gasteiger partial charge in [-0.1, -0.05) is 19.1 Å². The number of benzene rings is 2. The van der Waals surface area contributed by atoms with Gasteiger partial charge in [0.1, 0.15) is 5.75 Å². The van der Waals surface area contributed by atoms with E-state index in [-0.39, 0.29) is 16.9 Å². The smallest absolute Gasteiger partial charge is 0.250 e. The monoisotopic (exact) mass is 452 g/mol. The number of hydrogen-bond donors (Lipinski definition) is 2. The van der Waals surface area contributed by atoms with Crippen LogP contribution in [0.15, 0.2) is 54.6 Å². The number of piperazine rings is 1. The van der Waals surface area contributed by atoms with Gasteiger partial charge in [-0.25, -0.2) is 0 Å². The molecule has 32 heavy (non-hydrogen) atoms. The first-order valence-electron chi connectivity index (χ1n) is 10.6. The summed E-state index contributed by atoms with van der Waals surface area (Å²) in [6.07, 6.45) is 3.69. The van der Waals surface area contributed by atoms with Gasteiger partial charge in [0, 0.05) is 50.1 Å². The molecule has 0 atom stereocenters. The van der Waals surface area contributed by atoms with Crippen molar-refractivity contribution >= 4 is 46.6 Å². The van der Waals surface area contributed by atoms with Crippen molar-refractivity contribution < 1.29 is 14.3 Å². The number of methoxy groups -OCH3 is 1. The number of hydrogen-bond acceptors (Lipinski definition) is 5. The van der Waals surface area contributed by atoms with Gasteiger partial charge in [-0.15, -0.1) is 0 Å². The van der Waals surface area contributed by atoms with Gasteiger partial charge in [-0.3, -0.25) is 14.9 Å². The van der Waals surface area contributed by atoms with E-state index in [4.69, 9.17) is 17.0 Å². The van der Waals surface area contributed by atoms with Gasteiger partial charge >= 0.3 is 0 Å². The molecule has 1 aliphatic heterocycles. The number of carbonyl (C=O) groups excluding carboxylic acids is 2. The molecule has 2 aromatic carbocycles. The fourth-order valence-corrected chi connectivity index (χ4v) is 3.61. The summed E-state index contributed by atoms with van der Waals surface area (Å²) < 4.78 is 5.12. The number of amides is 2. The molecule has 1 heterocycles. The van der Waals surface area contributed by atoms with E-state index in [0.29, 0.717) is 6.42 Å². The van der Waals surface area contributed by atoms with Crippen LogP contribution in [0.4, 0.5) is 11.4 Å². The Morgan fingerprint density at radius 2 is 1.69 bits per heavy atom. The first-order chi connectivity index (χ1) is 15.5. The van der Waals surface area contributed by atoms with Crippen molar-refractivity contribution in [2.45, 2.75) is 13.3 Å². The van der Waals surface area contributed by atoms with E-state index in [9.17, 15) is 9.59 Å². The molecular formula is C24H28N4O3S. The molecule has 0 aromatic heterocycles. The van der Waals surface area contributed by atoms with Crippen molar-refractivity contribution in [2.75, 3.05) is 43.5 Å². The Kier molecular flexibility index (Phi) is 8.21. The van der Waals surface area contributed by atoms with E-state index in [1.165, 1.54) is 6.08 Å². The van der Waals surface area contributed by atoms with Gasteiger partial charge in [-0.05, 0) is 60.3 Å². The summed E-state index contributed by atoms with van der Waals surface area (Å²) in [5, 5.41) is 5.90. The minimum atomic E-state index is -0.311. The summed E-state index contributed by atoms with van der Waals surface area (Å²) in [5.41, 5.74) is 2.77. The Morgan fingerprint density at radius 3 is 2.28 bits per heavy atom. The zero-order valence-corrected chi connectivity index (χ0v) is 19.2. The minimum absolute atomic E-state index is 0.207. The van der Waals surface area contributed by atoms with Gasteiger partial charge in [0.2, 0.25) is 11.8 Å². The van der Waals surface area contributed by atoms with Crippen LogP contribution in [0, 0.1) is 0 Å². The van der Waals surface area contributed by atoms with Gasteiger partial charge in [0.05, 0.1) is 7.11 Å².